The zero-order valence-electron chi connectivity index (χ0n) is 8.61. The third-order valence-electron chi connectivity index (χ3n) is 1.64. The Bertz CT molecular complexity index is 177. The molecule has 2 N–H and O–H groups in total. The fraction of sp³-hybridized carbons (Fsp3) is 1.00. The standard InChI is InChI=1S/C8H20NO4P/c1-2-12-14(10,11)13-8-6-4-3-5-7-9/h2-9H2,1H3,(H,10,11)/p-1. The van der Waals surface area contributed by atoms with E-state index < -0.39 is 7.82 Å². The van der Waals surface area contributed by atoms with Gasteiger partial charge in [0.15, 0.2) is 0 Å². The van der Waals surface area contributed by atoms with Gasteiger partial charge in [-0.3, -0.25) is 4.57 Å². The number of nitrogens with two attached hydrogens (primary N) is 1. The van der Waals surface area contributed by atoms with Crippen LogP contribution in [0.1, 0.15) is 32.6 Å². The van der Waals surface area contributed by atoms with Gasteiger partial charge in [0, 0.05) is 0 Å². The average molecular weight is 224 g/mol. The molecule has 0 rings (SSSR count). The summed E-state index contributed by atoms with van der Waals surface area (Å²) in [5.41, 5.74) is 5.31. The lowest BCUT2D eigenvalue weighted by atomic mass is 10.2. The van der Waals surface area contributed by atoms with Gasteiger partial charge in [0.2, 0.25) is 0 Å². The maximum absolute atomic E-state index is 10.9. The molecule has 1 atom stereocenters. The minimum Gasteiger partial charge on any atom is -0.756 e. The number of phosphoric acid groups is 1. The van der Waals surface area contributed by atoms with E-state index in [9.17, 15) is 9.46 Å². The Morgan fingerprint density at radius 1 is 1.21 bits per heavy atom. The van der Waals surface area contributed by atoms with Gasteiger partial charge < -0.3 is 19.7 Å². The summed E-state index contributed by atoms with van der Waals surface area (Å²) in [6, 6.07) is 0. The van der Waals surface area contributed by atoms with Crippen LogP contribution in [0.3, 0.4) is 0 Å². The SMILES string of the molecule is CCOP(=O)([O-])OCCCCCCN. The van der Waals surface area contributed by atoms with Crippen LogP contribution in [0.2, 0.25) is 0 Å². The predicted octanol–water partition coefficient (Wildman–Crippen LogP) is 1.03. The molecule has 0 aliphatic heterocycles. The smallest absolute Gasteiger partial charge is 0.267 e. The van der Waals surface area contributed by atoms with Gasteiger partial charge in [0.25, 0.3) is 7.82 Å². The van der Waals surface area contributed by atoms with Crippen molar-refractivity contribution in [2.24, 2.45) is 5.73 Å². The number of hydrogen-bond donors (Lipinski definition) is 1. The lowest BCUT2D eigenvalue weighted by molar-refractivity contribution is -0.225. The number of phosphoric ester groups is 1. The molecule has 0 aliphatic rings. The van der Waals surface area contributed by atoms with Crippen LogP contribution in [0.15, 0.2) is 0 Å². The highest BCUT2D eigenvalue weighted by atomic mass is 31.2. The Hall–Kier alpha value is 0.0700. The van der Waals surface area contributed by atoms with Gasteiger partial charge in [0.1, 0.15) is 0 Å². The average Bonchev–Trinajstić information content (AvgIpc) is 2.11. The van der Waals surface area contributed by atoms with Gasteiger partial charge in [-0.15, -0.1) is 0 Å². The first-order valence-electron chi connectivity index (χ1n) is 4.92. The quantitative estimate of drug-likeness (QED) is 0.467. The third kappa shape index (κ3) is 8.66. The molecule has 0 bridgehead atoms. The summed E-state index contributed by atoms with van der Waals surface area (Å²) in [7, 11) is -4.02. The van der Waals surface area contributed by atoms with Crippen LogP contribution >= 0.6 is 7.82 Å². The van der Waals surface area contributed by atoms with Crippen LogP contribution < -0.4 is 10.6 Å². The van der Waals surface area contributed by atoms with Crippen LogP contribution in [0.4, 0.5) is 0 Å². The van der Waals surface area contributed by atoms with Crippen LogP contribution in [-0.4, -0.2) is 19.8 Å². The summed E-state index contributed by atoms with van der Waals surface area (Å²) in [6.45, 7) is 2.61. The van der Waals surface area contributed by atoms with Crippen LogP contribution in [-0.2, 0) is 13.6 Å². The zero-order valence-corrected chi connectivity index (χ0v) is 9.50. The van der Waals surface area contributed by atoms with Crippen molar-refractivity contribution in [3.05, 3.63) is 0 Å². The van der Waals surface area contributed by atoms with Crippen molar-refractivity contribution in [1.82, 2.24) is 0 Å². The Kier molecular flexibility index (Phi) is 8.43. The largest absolute Gasteiger partial charge is 0.756 e. The third-order valence-corrected chi connectivity index (χ3v) is 2.71. The molecular formula is C8H19NO4P-. The Balaban J connectivity index is 3.30. The first-order valence-corrected chi connectivity index (χ1v) is 6.38. The Morgan fingerprint density at radius 3 is 2.43 bits per heavy atom. The second-order valence-electron chi connectivity index (χ2n) is 2.90. The van der Waals surface area contributed by atoms with Gasteiger partial charge in [-0.2, -0.15) is 0 Å². The summed E-state index contributed by atoms with van der Waals surface area (Å²) in [5.74, 6) is 0. The van der Waals surface area contributed by atoms with Crippen molar-refractivity contribution in [2.45, 2.75) is 32.6 Å². The van der Waals surface area contributed by atoms with E-state index in [0.29, 0.717) is 6.54 Å². The second-order valence-corrected chi connectivity index (χ2v) is 4.31. The molecule has 0 aliphatic carbocycles. The fourth-order valence-electron chi connectivity index (χ4n) is 0.972. The molecule has 0 aromatic rings. The first-order chi connectivity index (χ1) is 6.62. The molecular weight excluding hydrogens is 205 g/mol. The number of unbranched alkanes of at least 4 members (excludes halogenated alkanes) is 3. The minimum absolute atomic E-state index is 0.119. The van der Waals surface area contributed by atoms with Crippen molar-refractivity contribution in [1.29, 1.82) is 0 Å². The molecule has 0 fully saturated rings. The van der Waals surface area contributed by atoms with Crippen LogP contribution in [0, 0.1) is 0 Å². The van der Waals surface area contributed by atoms with Crippen molar-refractivity contribution >= 4 is 7.82 Å². The van der Waals surface area contributed by atoms with E-state index in [1.165, 1.54) is 0 Å². The first kappa shape index (κ1) is 14.1. The van der Waals surface area contributed by atoms with Gasteiger partial charge in [0.05, 0.1) is 13.2 Å². The molecule has 0 spiro atoms. The molecule has 1 unspecified atom stereocenters. The molecule has 5 nitrogen and oxygen atoms in total. The summed E-state index contributed by atoms with van der Waals surface area (Å²) < 4.78 is 19.9. The second kappa shape index (κ2) is 8.38. The summed E-state index contributed by atoms with van der Waals surface area (Å²) in [6.07, 6.45) is 3.64. The molecule has 0 radical (unpaired) electrons. The van der Waals surface area contributed by atoms with Crippen molar-refractivity contribution in [2.75, 3.05) is 19.8 Å². The van der Waals surface area contributed by atoms with Crippen molar-refractivity contribution in [3.8, 4) is 0 Å². The molecule has 0 aromatic heterocycles. The van der Waals surface area contributed by atoms with E-state index in [-0.39, 0.29) is 13.2 Å². The minimum atomic E-state index is -4.02. The topological polar surface area (TPSA) is 84.6 Å². The summed E-state index contributed by atoms with van der Waals surface area (Å²) in [4.78, 5) is 10.9. The molecule has 6 heteroatoms. The van der Waals surface area contributed by atoms with Crippen LogP contribution in [0.25, 0.3) is 0 Å². The molecule has 14 heavy (non-hydrogen) atoms. The number of hydrogen-bond acceptors (Lipinski definition) is 5. The zero-order chi connectivity index (χ0) is 10.9. The molecule has 0 heterocycles. The maximum atomic E-state index is 10.9. The molecule has 0 saturated heterocycles. The highest BCUT2D eigenvalue weighted by molar-refractivity contribution is 7.45. The molecule has 0 aromatic carbocycles. The number of rotatable bonds is 9. The highest BCUT2D eigenvalue weighted by Gasteiger charge is 2.06. The van der Waals surface area contributed by atoms with Crippen LogP contribution in [0.5, 0.6) is 0 Å². The van der Waals surface area contributed by atoms with Gasteiger partial charge in [-0.25, -0.2) is 0 Å². The lowest BCUT2D eigenvalue weighted by Gasteiger charge is -2.21. The fourth-order valence-corrected chi connectivity index (χ4v) is 1.72. The van der Waals surface area contributed by atoms with Gasteiger partial charge >= 0.3 is 0 Å². The maximum Gasteiger partial charge on any atom is 0.267 e. The molecule has 0 amide bonds. The normalized spacial score (nSPS) is 15.4. The van der Waals surface area contributed by atoms with Gasteiger partial charge in [-0.05, 0) is 26.3 Å². The van der Waals surface area contributed by atoms with E-state index in [1.807, 2.05) is 0 Å². The van der Waals surface area contributed by atoms with E-state index in [0.717, 1.165) is 25.7 Å². The van der Waals surface area contributed by atoms with Crippen molar-refractivity contribution < 1.29 is 18.5 Å². The molecule has 0 saturated carbocycles. The predicted molar refractivity (Wildman–Crippen MR) is 52.7 cm³/mol. The van der Waals surface area contributed by atoms with E-state index >= 15 is 0 Å². The summed E-state index contributed by atoms with van der Waals surface area (Å²) in [5, 5.41) is 0. The van der Waals surface area contributed by atoms with Crippen molar-refractivity contribution in [3.63, 3.8) is 0 Å². The highest BCUT2D eigenvalue weighted by Crippen LogP contribution is 2.37. The Labute approximate surface area is 85.2 Å². The monoisotopic (exact) mass is 224 g/mol. The Morgan fingerprint density at radius 2 is 1.86 bits per heavy atom. The lowest BCUT2D eigenvalue weighted by Crippen LogP contribution is -2.09. The van der Waals surface area contributed by atoms with Gasteiger partial charge in [-0.1, -0.05) is 12.8 Å². The molecule has 86 valence electrons. The van der Waals surface area contributed by atoms with E-state index in [4.69, 9.17) is 5.73 Å². The van der Waals surface area contributed by atoms with E-state index in [2.05, 4.69) is 9.05 Å². The summed E-state index contributed by atoms with van der Waals surface area (Å²) >= 11 is 0. The van der Waals surface area contributed by atoms with E-state index in [1.54, 1.807) is 6.92 Å².